The van der Waals surface area contributed by atoms with Gasteiger partial charge in [-0.1, -0.05) is 12.1 Å². The molecule has 0 bridgehead atoms. The van der Waals surface area contributed by atoms with Gasteiger partial charge in [0.05, 0.1) is 27.5 Å². The molecule has 166 valence electrons. The molecule has 2 heterocycles. The van der Waals surface area contributed by atoms with E-state index in [9.17, 15) is 10.1 Å². The van der Waals surface area contributed by atoms with E-state index < -0.39 is 5.91 Å². The lowest BCUT2D eigenvalue weighted by Crippen LogP contribution is -2.17. The van der Waals surface area contributed by atoms with Crippen molar-refractivity contribution in [3.8, 4) is 29.1 Å². The minimum Gasteiger partial charge on any atom is -0.497 e. The van der Waals surface area contributed by atoms with Crippen molar-refractivity contribution in [2.24, 2.45) is 0 Å². The number of carbonyl (C=O) groups excluding carboxylic acids is 1. The average molecular weight is 443 g/mol. The molecule has 0 saturated carbocycles. The fraction of sp³-hybridized carbons (Fsp3) is 0.167. The van der Waals surface area contributed by atoms with Gasteiger partial charge in [0.15, 0.2) is 11.6 Å². The summed E-state index contributed by atoms with van der Waals surface area (Å²) in [5.41, 5.74) is 2.08. The van der Waals surface area contributed by atoms with Gasteiger partial charge in [-0.15, -0.1) is 0 Å². The lowest BCUT2D eigenvalue weighted by Gasteiger charge is -2.13. The van der Waals surface area contributed by atoms with Gasteiger partial charge in [-0.25, -0.2) is 4.98 Å². The normalized spacial score (nSPS) is 10.5. The van der Waals surface area contributed by atoms with Crippen molar-refractivity contribution in [2.75, 3.05) is 26.6 Å². The predicted molar refractivity (Wildman–Crippen MR) is 122 cm³/mol. The van der Waals surface area contributed by atoms with Crippen molar-refractivity contribution < 1.29 is 19.0 Å². The molecule has 1 amide bonds. The van der Waals surface area contributed by atoms with Crippen LogP contribution in [0.4, 0.5) is 5.82 Å². The van der Waals surface area contributed by atoms with Gasteiger partial charge in [0.1, 0.15) is 34.4 Å². The lowest BCUT2D eigenvalue weighted by molar-refractivity contribution is 0.102. The molecule has 0 atom stereocenters. The zero-order chi connectivity index (χ0) is 23.5. The van der Waals surface area contributed by atoms with Crippen molar-refractivity contribution in [1.29, 1.82) is 5.26 Å². The number of ether oxygens (including phenoxy) is 3. The number of nitrogens with one attached hydrogen (secondary N) is 1. The summed E-state index contributed by atoms with van der Waals surface area (Å²) in [6, 6.07) is 14.4. The van der Waals surface area contributed by atoms with Crippen molar-refractivity contribution in [3.63, 3.8) is 0 Å². The number of fused-ring (bicyclic) bond motifs is 1. The predicted octanol–water partition coefficient (Wildman–Crippen LogP) is 3.88. The van der Waals surface area contributed by atoms with Crippen LogP contribution in [0.3, 0.4) is 0 Å². The number of pyridine rings is 1. The number of nitriles is 1. The van der Waals surface area contributed by atoms with Crippen LogP contribution in [0, 0.1) is 18.3 Å². The van der Waals surface area contributed by atoms with Gasteiger partial charge in [0, 0.05) is 17.0 Å². The molecule has 0 aliphatic heterocycles. The van der Waals surface area contributed by atoms with Crippen LogP contribution in [0.5, 0.6) is 17.2 Å². The van der Waals surface area contributed by atoms with E-state index >= 15 is 0 Å². The number of para-hydroxylation sites is 1. The second kappa shape index (κ2) is 8.88. The van der Waals surface area contributed by atoms with Crippen LogP contribution in [0.1, 0.15) is 21.5 Å². The van der Waals surface area contributed by atoms with Crippen LogP contribution >= 0.6 is 0 Å². The molecule has 4 rings (SSSR count). The Morgan fingerprint density at radius 3 is 2.42 bits per heavy atom. The number of carbonyl (C=O) groups is 1. The molecule has 0 fully saturated rings. The van der Waals surface area contributed by atoms with Crippen LogP contribution in [-0.2, 0) is 0 Å². The third kappa shape index (κ3) is 4.02. The molecular formula is C24H21N5O4. The quantitative estimate of drug-likeness (QED) is 0.481. The standard InChI is InChI=1S/C24H21N5O4/c1-14-8-21(27-22-19(14)6-5-7-20(22)33-4)29-23(16(12-25)13-26-29)28-24(30)15-9-17(31-2)11-18(10-15)32-3/h5-11,13H,1-4H3,(H,28,30). The average Bonchev–Trinajstić information content (AvgIpc) is 3.25. The van der Waals surface area contributed by atoms with Gasteiger partial charge in [-0.2, -0.15) is 15.0 Å². The van der Waals surface area contributed by atoms with E-state index in [1.165, 1.54) is 25.1 Å². The summed E-state index contributed by atoms with van der Waals surface area (Å²) >= 11 is 0. The highest BCUT2D eigenvalue weighted by atomic mass is 16.5. The van der Waals surface area contributed by atoms with Crippen LogP contribution in [-0.4, -0.2) is 42.0 Å². The summed E-state index contributed by atoms with van der Waals surface area (Å²) in [4.78, 5) is 17.8. The number of benzene rings is 2. The van der Waals surface area contributed by atoms with E-state index in [0.717, 1.165) is 10.9 Å². The number of anilines is 1. The number of methoxy groups -OCH3 is 3. The van der Waals surface area contributed by atoms with Crippen molar-refractivity contribution in [3.05, 3.63) is 65.4 Å². The second-order valence-electron chi connectivity index (χ2n) is 7.14. The molecule has 0 aliphatic rings. The Balaban J connectivity index is 1.80. The summed E-state index contributed by atoms with van der Waals surface area (Å²) in [6.45, 7) is 1.95. The molecule has 0 radical (unpaired) electrons. The molecule has 0 unspecified atom stereocenters. The van der Waals surface area contributed by atoms with Crippen molar-refractivity contribution >= 4 is 22.6 Å². The Morgan fingerprint density at radius 2 is 1.79 bits per heavy atom. The van der Waals surface area contributed by atoms with Gasteiger partial charge in [-0.3, -0.25) is 4.79 Å². The molecule has 0 spiro atoms. The van der Waals surface area contributed by atoms with E-state index in [2.05, 4.69) is 16.5 Å². The van der Waals surface area contributed by atoms with Gasteiger partial charge >= 0.3 is 0 Å². The van der Waals surface area contributed by atoms with E-state index in [4.69, 9.17) is 19.2 Å². The maximum absolute atomic E-state index is 13.1. The highest BCUT2D eigenvalue weighted by Crippen LogP contribution is 2.29. The third-order valence-electron chi connectivity index (χ3n) is 5.17. The first kappa shape index (κ1) is 21.6. The number of aryl methyl sites for hydroxylation is 1. The van der Waals surface area contributed by atoms with Crippen LogP contribution in [0.2, 0.25) is 0 Å². The SMILES string of the molecule is COc1cc(OC)cc(C(=O)Nc2c(C#N)cnn2-c2cc(C)c3cccc(OC)c3n2)c1. The molecule has 0 aliphatic carbocycles. The van der Waals surface area contributed by atoms with Crippen LogP contribution in [0.15, 0.2) is 48.7 Å². The van der Waals surface area contributed by atoms with Gasteiger partial charge in [-0.05, 0) is 36.8 Å². The van der Waals surface area contributed by atoms with E-state index in [1.807, 2.05) is 31.2 Å². The van der Waals surface area contributed by atoms with E-state index in [1.54, 1.807) is 25.3 Å². The molecular weight excluding hydrogens is 422 g/mol. The van der Waals surface area contributed by atoms with Gasteiger partial charge in [0.25, 0.3) is 5.91 Å². The zero-order valence-electron chi connectivity index (χ0n) is 18.5. The topological polar surface area (TPSA) is 111 Å². The first-order valence-electron chi connectivity index (χ1n) is 9.96. The Bertz CT molecular complexity index is 1380. The molecule has 9 heteroatoms. The van der Waals surface area contributed by atoms with Gasteiger partial charge in [0.2, 0.25) is 0 Å². The highest BCUT2D eigenvalue weighted by molar-refractivity contribution is 6.05. The molecule has 4 aromatic rings. The summed E-state index contributed by atoms with van der Waals surface area (Å²) in [5.74, 6) is 1.72. The first-order chi connectivity index (χ1) is 16.0. The number of rotatable bonds is 6. The van der Waals surface area contributed by atoms with E-state index in [0.29, 0.717) is 34.1 Å². The van der Waals surface area contributed by atoms with Crippen molar-refractivity contribution in [1.82, 2.24) is 14.8 Å². The zero-order valence-corrected chi connectivity index (χ0v) is 18.5. The number of aromatic nitrogens is 3. The monoisotopic (exact) mass is 443 g/mol. The molecule has 33 heavy (non-hydrogen) atoms. The van der Waals surface area contributed by atoms with Crippen LogP contribution < -0.4 is 19.5 Å². The van der Waals surface area contributed by atoms with Gasteiger partial charge < -0.3 is 19.5 Å². The Hall–Kier alpha value is -4.58. The smallest absolute Gasteiger partial charge is 0.257 e. The molecule has 1 N–H and O–H groups in total. The third-order valence-corrected chi connectivity index (χ3v) is 5.17. The summed E-state index contributed by atoms with van der Waals surface area (Å²) in [6.07, 6.45) is 1.38. The summed E-state index contributed by atoms with van der Waals surface area (Å²) in [5, 5.41) is 17.6. The first-order valence-corrected chi connectivity index (χ1v) is 9.96. The summed E-state index contributed by atoms with van der Waals surface area (Å²) in [7, 11) is 4.58. The maximum Gasteiger partial charge on any atom is 0.257 e. The largest absolute Gasteiger partial charge is 0.497 e. The fourth-order valence-corrected chi connectivity index (χ4v) is 3.49. The molecule has 2 aromatic heterocycles. The number of hydrogen-bond donors (Lipinski definition) is 1. The summed E-state index contributed by atoms with van der Waals surface area (Å²) < 4.78 is 17.4. The number of amides is 1. The maximum atomic E-state index is 13.1. The number of nitrogens with zero attached hydrogens (tertiary/aromatic N) is 4. The lowest BCUT2D eigenvalue weighted by atomic mass is 10.1. The molecule has 0 saturated heterocycles. The van der Waals surface area contributed by atoms with Crippen LogP contribution in [0.25, 0.3) is 16.7 Å². The van der Waals surface area contributed by atoms with Crippen molar-refractivity contribution in [2.45, 2.75) is 6.92 Å². The minimum atomic E-state index is -0.458. The fourth-order valence-electron chi connectivity index (χ4n) is 3.49. The second-order valence-corrected chi connectivity index (χ2v) is 7.14. The Labute approximate surface area is 190 Å². The minimum absolute atomic E-state index is 0.192. The number of hydrogen-bond acceptors (Lipinski definition) is 7. The van der Waals surface area contributed by atoms with E-state index in [-0.39, 0.29) is 11.4 Å². The highest BCUT2D eigenvalue weighted by Gasteiger charge is 2.19. The Morgan fingerprint density at radius 1 is 1.06 bits per heavy atom. The molecule has 9 nitrogen and oxygen atoms in total. The molecule has 2 aromatic carbocycles. The Kier molecular flexibility index (Phi) is 5.83.